The number of pyridine rings is 1. The van der Waals surface area contributed by atoms with E-state index in [1.54, 1.807) is 34.6 Å². The maximum absolute atomic E-state index is 13.3. The molecule has 1 unspecified atom stereocenters. The van der Waals surface area contributed by atoms with Crippen LogP contribution < -0.4 is 14.8 Å². The molecule has 37 heavy (non-hydrogen) atoms. The lowest BCUT2D eigenvalue weighted by molar-refractivity contribution is -0.118. The van der Waals surface area contributed by atoms with Crippen molar-refractivity contribution in [3.8, 4) is 22.8 Å². The fourth-order valence-corrected chi connectivity index (χ4v) is 6.93. The van der Waals surface area contributed by atoms with E-state index in [4.69, 9.17) is 9.47 Å². The van der Waals surface area contributed by atoms with Gasteiger partial charge in [0.2, 0.25) is 22.7 Å². The van der Waals surface area contributed by atoms with Crippen LogP contribution >= 0.6 is 0 Å². The first-order valence-corrected chi connectivity index (χ1v) is 14.1. The highest BCUT2D eigenvalue weighted by Crippen LogP contribution is 2.51. The van der Waals surface area contributed by atoms with E-state index in [2.05, 4.69) is 10.3 Å². The van der Waals surface area contributed by atoms with Crippen molar-refractivity contribution < 1.29 is 22.7 Å². The third-order valence-corrected chi connectivity index (χ3v) is 9.63. The molecule has 2 aromatic carbocycles. The first-order chi connectivity index (χ1) is 17.9. The molecule has 1 atom stereocenters. The summed E-state index contributed by atoms with van der Waals surface area (Å²) in [6.07, 6.45) is 4.34. The number of carbonyl (C=O) groups excluding carboxylic acids is 1. The van der Waals surface area contributed by atoms with Crippen molar-refractivity contribution in [3.63, 3.8) is 0 Å². The number of aromatic nitrogens is 1. The van der Waals surface area contributed by atoms with Crippen LogP contribution in [0, 0.1) is 0 Å². The summed E-state index contributed by atoms with van der Waals surface area (Å²) in [7, 11) is -3.53. The summed E-state index contributed by atoms with van der Waals surface area (Å²) >= 11 is 0. The van der Waals surface area contributed by atoms with Crippen molar-refractivity contribution in [1.29, 1.82) is 0 Å². The third kappa shape index (κ3) is 4.36. The van der Waals surface area contributed by atoms with Gasteiger partial charge < -0.3 is 14.8 Å². The first kappa shape index (κ1) is 23.9. The Morgan fingerprint density at radius 2 is 1.81 bits per heavy atom. The summed E-state index contributed by atoms with van der Waals surface area (Å²) in [5.41, 5.74) is 1.74. The zero-order chi connectivity index (χ0) is 25.6. The van der Waals surface area contributed by atoms with Crippen molar-refractivity contribution in [2.45, 2.75) is 55.4 Å². The SMILES string of the molecule is CC1CCCCN1S(=O)(=O)c1ccc(-c2cccc(NC(=O)C3(c4ccc5c(c4)OCO5)CC3)n2)cc1. The van der Waals surface area contributed by atoms with Gasteiger partial charge in [0, 0.05) is 18.2 Å². The largest absolute Gasteiger partial charge is 0.454 e. The second kappa shape index (κ2) is 9.15. The number of nitrogens with one attached hydrogen (secondary N) is 1. The van der Waals surface area contributed by atoms with Crippen molar-refractivity contribution in [1.82, 2.24) is 9.29 Å². The molecule has 2 fully saturated rings. The number of nitrogens with zero attached hydrogens (tertiary/aromatic N) is 2. The summed E-state index contributed by atoms with van der Waals surface area (Å²) in [6.45, 7) is 2.72. The van der Waals surface area contributed by atoms with Crippen LogP contribution in [0.2, 0.25) is 0 Å². The molecule has 9 heteroatoms. The molecule has 1 saturated carbocycles. The zero-order valence-corrected chi connectivity index (χ0v) is 21.5. The van der Waals surface area contributed by atoms with E-state index in [9.17, 15) is 13.2 Å². The van der Waals surface area contributed by atoms with E-state index < -0.39 is 15.4 Å². The first-order valence-electron chi connectivity index (χ1n) is 12.7. The average Bonchev–Trinajstić information content (AvgIpc) is 3.60. The zero-order valence-electron chi connectivity index (χ0n) is 20.6. The Labute approximate surface area is 216 Å². The summed E-state index contributed by atoms with van der Waals surface area (Å²) in [5, 5.41) is 2.98. The minimum absolute atomic E-state index is 0.00723. The molecule has 192 valence electrons. The predicted octanol–water partition coefficient (Wildman–Crippen LogP) is 4.71. The second-order valence-corrected chi connectivity index (χ2v) is 11.9. The number of anilines is 1. The monoisotopic (exact) mass is 519 g/mol. The predicted molar refractivity (Wildman–Crippen MR) is 139 cm³/mol. The molecule has 3 aliphatic rings. The normalized spacial score (nSPS) is 20.4. The number of ether oxygens (including phenoxy) is 2. The molecule has 0 spiro atoms. The molecule has 1 N–H and O–H groups in total. The van der Waals surface area contributed by atoms with Gasteiger partial charge in [-0.1, -0.05) is 30.7 Å². The quantitative estimate of drug-likeness (QED) is 0.507. The molecule has 1 amide bonds. The van der Waals surface area contributed by atoms with Crippen molar-refractivity contribution in [2.75, 3.05) is 18.7 Å². The van der Waals surface area contributed by atoms with E-state index in [0.29, 0.717) is 29.6 Å². The average molecular weight is 520 g/mol. The molecule has 0 bridgehead atoms. The number of benzene rings is 2. The third-order valence-electron chi connectivity index (χ3n) is 7.60. The number of piperidine rings is 1. The van der Waals surface area contributed by atoms with Crippen LogP contribution in [-0.2, 0) is 20.2 Å². The van der Waals surface area contributed by atoms with Crippen LogP contribution in [0.3, 0.4) is 0 Å². The van der Waals surface area contributed by atoms with Gasteiger partial charge in [0.15, 0.2) is 11.5 Å². The van der Waals surface area contributed by atoms with E-state index in [-0.39, 0.29) is 23.6 Å². The highest BCUT2D eigenvalue weighted by Gasteiger charge is 2.51. The highest BCUT2D eigenvalue weighted by molar-refractivity contribution is 7.89. The van der Waals surface area contributed by atoms with Crippen LogP contribution in [0.15, 0.2) is 65.6 Å². The molecular formula is C28H29N3O5S. The lowest BCUT2D eigenvalue weighted by Gasteiger charge is -2.32. The van der Waals surface area contributed by atoms with Gasteiger partial charge in [-0.3, -0.25) is 4.79 Å². The molecule has 1 aromatic heterocycles. The molecule has 2 aliphatic heterocycles. The summed E-state index contributed by atoms with van der Waals surface area (Å²) in [5.74, 6) is 1.71. The van der Waals surface area contributed by atoms with Gasteiger partial charge in [-0.25, -0.2) is 13.4 Å². The fourth-order valence-electron chi connectivity index (χ4n) is 5.23. The molecule has 8 nitrogen and oxygen atoms in total. The Balaban J connectivity index is 1.19. The molecule has 3 heterocycles. The van der Waals surface area contributed by atoms with Crippen LogP contribution in [0.25, 0.3) is 11.3 Å². The Morgan fingerprint density at radius 1 is 1.03 bits per heavy atom. The van der Waals surface area contributed by atoms with Gasteiger partial charge in [0.1, 0.15) is 5.82 Å². The van der Waals surface area contributed by atoms with Crippen molar-refractivity contribution in [2.24, 2.45) is 0 Å². The van der Waals surface area contributed by atoms with Gasteiger partial charge >= 0.3 is 0 Å². The molecule has 1 saturated heterocycles. The Kier molecular flexibility index (Phi) is 5.92. The number of amides is 1. The van der Waals surface area contributed by atoms with Crippen LogP contribution in [-0.4, -0.2) is 43.0 Å². The Hall–Kier alpha value is -3.43. The van der Waals surface area contributed by atoms with Crippen LogP contribution in [0.5, 0.6) is 11.5 Å². The number of hydrogen-bond acceptors (Lipinski definition) is 6. The highest BCUT2D eigenvalue weighted by atomic mass is 32.2. The summed E-state index contributed by atoms with van der Waals surface area (Å²) in [6, 6.07) is 17.9. The number of sulfonamides is 1. The maximum atomic E-state index is 13.3. The molecule has 0 radical (unpaired) electrons. The topological polar surface area (TPSA) is 97.8 Å². The number of fused-ring (bicyclic) bond motifs is 1. The van der Waals surface area contributed by atoms with E-state index in [0.717, 1.165) is 43.2 Å². The van der Waals surface area contributed by atoms with Gasteiger partial charge in [0.05, 0.1) is 16.0 Å². The summed E-state index contributed by atoms with van der Waals surface area (Å²) < 4.78 is 38.8. The fraction of sp³-hybridized carbons (Fsp3) is 0.357. The number of rotatable bonds is 6. The Bertz CT molecular complexity index is 1450. The van der Waals surface area contributed by atoms with Crippen molar-refractivity contribution >= 4 is 21.7 Å². The van der Waals surface area contributed by atoms with Gasteiger partial charge in [0.25, 0.3) is 0 Å². The van der Waals surface area contributed by atoms with E-state index in [1.807, 2.05) is 37.3 Å². The van der Waals surface area contributed by atoms with Gasteiger partial charge in [-0.2, -0.15) is 4.31 Å². The molecule has 3 aromatic rings. The van der Waals surface area contributed by atoms with Crippen LogP contribution in [0.1, 0.15) is 44.6 Å². The summed E-state index contributed by atoms with van der Waals surface area (Å²) in [4.78, 5) is 18.2. The smallest absolute Gasteiger partial charge is 0.243 e. The lowest BCUT2D eigenvalue weighted by Crippen LogP contribution is -2.41. The Morgan fingerprint density at radius 3 is 2.57 bits per heavy atom. The lowest BCUT2D eigenvalue weighted by atomic mass is 9.94. The van der Waals surface area contributed by atoms with Gasteiger partial charge in [-0.15, -0.1) is 0 Å². The van der Waals surface area contributed by atoms with Gasteiger partial charge in [-0.05, 0) is 74.6 Å². The minimum Gasteiger partial charge on any atom is -0.454 e. The molecular weight excluding hydrogens is 490 g/mol. The maximum Gasteiger partial charge on any atom is 0.243 e. The van der Waals surface area contributed by atoms with E-state index >= 15 is 0 Å². The molecule has 6 rings (SSSR count). The number of carbonyl (C=O) groups is 1. The molecule has 1 aliphatic carbocycles. The van der Waals surface area contributed by atoms with E-state index in [1.165, 1.54) is 0 Å². The minimum atomic E-state index is -3.53. The van der Waals surface area contributed by atoms with Crippen molar-refractivity contribution in [3.05, 3.63) is 66.2 Å². The van der Waals surface area contributed by atoms with Crippen LogP contribution in [0.4, 0.5) is 5.82 Å². The standard InChI is InChI=1S/C28H29N3O5S/c1-19-5-2-3-16-31(19)37(33,34)22-11-8-20(9-12-22)23-6-4-7-26(29-23)30-27(32)28(14-15-28)21-10-13-24-25(17-21)36-18-35-24/h4,6-13,17,19H,2-3,5,14-16,18H2,1H3,(H,29,30,32). The second-order valence-electron chi connectivity index (χ2n) is 10.00. The number of hydrogen-bond donors (Lipinski definition) is 1.